The average molecular weight is 296 g/mol. The molecule has 0 atom stereocenters. The number of hydrogen-bond acceptors (Lipinski definition) is 6. The number of ether oxygens (including phenoxy) is 1. The summed E-state index contributed by atoms with van der Waals surface area (Å²) in [5, 5.41) is 8.46. The summed E-state index contributed by atoms with van der Waals surface area (Å²) < 4.78 is 32.3. The fraction of sp³-hybridized carbons (Fsp3) is 1.00. The summed E-state index contributed by atoms with van der Waals surface area (Å²) in [5.74, 6) is 0.463. The van der Waals surface area contributed by atoms with Crippen LogP contribution < -0.4 is 0 Å². The Hall–Kier alpha value is 1.18. The molecule has 0 saturated carbocycles. The van der Waals surface area contributed by atoms with Gasteiger partial charge in [-0.1, -0.05) is 6.92 Å². The number of hydrogen-bond donors (Lipinski definition) is 1. The maximum atomic E-state index is 11.2. The second-order valence-electron chi connectivity index (χ2n) is 3.10. The Kier molecular flexibility index (Phi) is 16.4. The van der Waals surface area contributed by atoms with Gasteiger partial charge in [-0.15, -0.1) is 0 Å². The van der Waals surface area contributed by atoms with E-state index in [4.69, 9.17) is 9.84 Å². The molecular formula is C9H21NaO5S2. The molecule has 0 aliphatic rings. The summed E-state index contributed by atoms with van der Waals surface area (Å²) in [6.45, 7) is 3.29. The van der Waals surface area contributed by atoms with Crippen LogP contribution in [0.25, 0.3) is 0 Å². The summed E-state index contributed by atoms with van der Waals surface area (Å²) in [4.78, 5) is 0. The van der Waals surface area contributed by atoms with Crippen LogP contribution >= 0.6 is 10.8 Å². The molecule has 0 aromatic carbocycles. The van der Waals surface area contributed by atoms with Gasteiger partial charge < -0.3 is 9.84 Å². The first-order valence-corrected chi connectivity index (χ1v) is 8.26. The Bertz CT molecular complexity index is 246. The Morgan fingerprint density at radius 1 is 1.18 bits per heavy atom. The first-order valence-electron chi connectivity index (χ1n) is 5.34. The Balaban J connectivity index is 0. The van der Waals surface area contributed by atoms with Crippen molar-refractivity contribution in [2.75, 3.05) is 32.2 Å². The molecule has 0 aromatic heterocycles. The first-order chi connectivity index (χ1) is 7.62. The fourth-order valence-electron chi connectivity index (χ4n) is 0.828. The molecule has 0 aromatic rings. The Morgan fingerprint density at radius 2 is 1.88 bits per heavy atom. The van der Waals surface area contributed by atoms with E-state index in [9.17, 15) is 8.42 Å². The molecule has 0 spiro atoms. The molecule has 0 bridgehead atoms. The molecule has 0 unspecified atom stereocenters. The topological polar surface area (TPSA) is 72.8 Å². The van der Waals surface area contributed by atoms with Crippen molar-refractivity contribution in [1.29, 1.82) is 0 Å². The predicted octanol–water partition coefficient (Wildman–Crippen LogP) is 0.532. The van der Waals surface area contributed by atoms with Crippen molar-refractivity contribution in [3.63, 3.8) is 0 Å². The third-order valence-corrected chi connectivity index (χ3v) is 4.39. The summed E-state index contributed by atoms with van der Waals surface area (Å²) >= 11 is 0. The Morgan fingerprint density at radius 3 is 2.47 bits per heavy atom. The van der Waals surface area contributed by atoms with Crippen molar-refractivity contribution < 1.29 is 22.4 Å². The van der Waals surface area contributed by atoms with E-state index >= 15 is 0 Å². The average Bonchev–Trinajstić information content (AvgIpc) is 2.23. The molecule has 0 aliphatic heterocycles. The molecule has 0 saturated heterocycles. The predicted molar refractivity (Wildman–Crippen MR) is 71.9 cm³/mol. The van der Waals surface area contributed by atoms with E-state index in [-0.39, 0.29) is 42.8 Å². The maximum absolute atomic E-state index is 11.2. The van der Waals surface area contributed by atoms with E-state index in [2.05, 4.69) is 4.18 Å². The van der Waals surface area contributed by atoms with Crippen molar-refractivity contribution in [1.82, 2.24) is 0 Å². The molecule has 5 nitrogen and oxygen atoms in total. The molecular weight excluding hydrogens is 275 g/mol. The quantitative estimate of drug-likeness (QED) is 0.341. The monoisotopic (exact) mass is 296 g/mol. The molecule has 0 rings (SSSR count). The van der Waals surface area contributed by atoms with Gasteiger partial charge in [0.15, 0.2) is 0 Å². The molecule has 0 radical (unpaired) electrons. The van der Waals surface area contributed by atoms with Gasteiger partial charge in [0.25, 0.3) is 0 Å². The van der Waals surface area contributed by atoms with Gasteiger partial charge in [0.1, 0.15) is 0 Å². The van der Waals surface area contributed by atoms with Gasteiger partial charge in [-0.3, -0.25) is 4.18 Å². The first kappa shape index (κ1) is 20.5. The van der Waals surface area contributed by atoms with E-state index in [1.165, 1.54) is 0 Å². The van der Waals surface area contributed by atoms with Gasteiger partial charge in [0.05, 0.1) is 6.61 Å². The van der Waals surface area contributed by atoms with Gasteiger partial charge in [-0.05, 0) is 30.1 Å². The summed E-state index contributed by atoms with van der Waals surface area (Å²) in [5.41, 5.74) is 0. The zero-order chi connectivity index (χ0) is 12.3. The minimum atomic E-state index is -3.50. The molecule has 17 heavy (non-hydrogen) atoms. The van der Waals surface area contributed by atoms with Crippen molar-refractivity contribution in [3.8, 4) is 0 Å². The van der Waals surface area contributed by atoms with E-state index in [0.29, 0.717) is 31.8 Å². The molecule has 100 valence electrons. The van der Waals surface area contributed by atoms with Crippen LogP contribution in [0.15, 0.2) is 0 Å². The van der Waals surface area contributed by atoms with Crippen LogP contribution in [0.5, 0.6) is 0 Å². The Labute approximate surface area is 129 Å². The van der Waals surface area contributed by atoms with Crippen molar-refractivity contribution >= 4 is 49.5 Å². The zero-order valence-electron chi connectivity index (χ0n) is 9.55. The van der Waals surface area contributed by atoms with Crippen LogP contribution in [-0.2, 0) is 18.1 Å². The standard InChI is InChI=1S/C9H20O5S2.Na.H/c1-2-6-13-7-4-9-15-16(11,12)14-8-3-5-10;;/h10H,2-9H2,1H3;;. The van der Waals surface area contributed by atoms with Crippen LogP contribution in [0.3, 0.4) is 0 Å². The minimum absolute atomic E-state index is 0. The van der Waals surface area contributed by atoms with E-state index in [1.54, 1.807) is 0 Å². The number of aliphatic hydroxyl groups excluding tert-OH is 1. The SMILES string of the molecule is CCCOCCCSS(=O)(=O)OCCCO.[NaH]. The third-order valence-electron chi connectivity index (χ3n) is 1.54. The van der Waals surface area contributed by atoms with Crippen LogP contribution in [0, 0.1) is 0 Å². The van der Waals surface area contributed by atoms with Gasteiger partial charge in [-0.2, -0.15) is 8.42 Å². The van der Waals surface area contributed by atoms with Crippen LogP contribution in [0.2, 0.25) is 0 Å². The van der Waals surface area contributed by atoms with E-state index in [1.807, 2.05) is 6.92 Å². The fourth-order valence-corrected chi connectivity index (χ4v) is 3.03. The van der Waals surface area contributed by atoms with Crippen LogP contribution in [0.1, 0.15) is 26.2 Å². The van der Waals surface area contributed by atoms with Crippen molar-refractivity contribution in [2.24, 2.45) is 0 Å². The van der Waals surface area contributed by atoms with Crippen molar-refractivity contribution in [2.45, 2.75) is 26.2 Å². The van der Waals surface area contributed by atoms with Gasteiger partial charge in [0, 0.05) is 25.6 Å². The normalized spacial score (nSPS) is 11.2. The molecule has 0 amide bonds. The van der Waals surface area contributed by atoms with E-state index in [0.717, 1.165) is 17.2 Å². The van der Waals surface area contributed by atoms with E-state index < -0.39 is 9.15 Å². The molecule has 1 N–H and O–H groups in total. The zero-order valence-corrected chi connectivity index (χ0v) is 11.2. The van der Waals surface area contributed by atoms with Gasteiger partial charge in [-0.25, -0.2) is 0 Å². The van der Waals surface area contributed by atoms with Crippen molar-refractivity contribution in [3.05, 3.63) is 0 Å². The molecule has 8 heteroatoms. The third kappa shape index (κ3) is 15.1. The second kappa shape index (κ2) is 13.6. The number of aliphatic hydroxyl groups is 1. The molecule has 0 heterocycles. The second-order valence-corrected chi connectivity index (χ2v) is 6.72. The van der Waals surface area contributed by atoms with Gasteiger partial charge >= 0.3 is 38.7 Å². The van der Waals surface area contributed by atoms with Gasteiger partial charge in [0.2, 0.25) is 0 Å². The summed E-state index contributed by atoms with van der Waals surface area (Å²) in [7, 11) is -2.72. The van der Waals surface area contributed by atoms with Crippen LogP contribution in [0.4, 0.5) is 0 Å². The molecule has 0 fully saturated rings. The molecule has 0 aliphatic carbocycles. The number of rotatable bonds is 11. The summed E-state index contributed by atoms with van der Waals surface area (Å²) in [6, 6.07) is 0. The summed E-state index contributed by atoms with van der Waals surface area (Å²) in [6.07, 6.45) is 1.99. The van der Waals surface area contributed by atoms with Crippen LogP contribution in [-0.4, -0.2) is 75.3 Å².